The van der Waals surface area contributed by atoms with Crippen LogP contribution in [0.25, 0.3) is 21.3 Å². The molecule has 1 fully saturated rings. The van der Waals surface area contributed by atoms with Gasteiger partial charge in [0.05, 0.1) is 17.3 Å². The van der Waals surface area contributed by atoms with Crippen molar-refractivity contribution in [3.05, 3.63) is 59.9 Å². The van der Waals surface area contributed by atoms with Gasteiger partial charge >= 0.3 is 0 Å². The molecule has 1 aromatic carbocycles. The van der Waals surface area contributed by atoms with Crippen molar-refractivity contribution < 1.29 is 14.3 Å². The smallest absolute Gasteiger partial charge is 0.257 e. The lowest BCUT2D eigenvalue weighted by Gasteiger charge is -2.16. The summed E-state index contributed by atoms with van der Waals surface area (Å²) in [5, 5.41) is 3.48. The first-order chi connectivity index (χ1) is 16.6. The maximum Gasteiger partial charge on any atom is 0.257 e. The van der Waals surface area contributed by atoms with Crippen LogP contribution in [0, 0.1) is 0 Å². The van der Waals surface area contributed by atoms with Crippen molar-refractivity contribution in [3.8, 4) is 22.9 Å². The van der Waals surface area contributed by atoms with Crippen LogP contribution >= 0.6 is 11.3 Å². The molecule has 0 aliphatic heterocycles. The van der Waals surface area contributed by atoms with Crippen LogP contribution in [0.4, 0.5) is 5.13 Å². The molecule has 174 valence electrons. The van der Waals surface area contributed by atoms with Crippen LogP contribution in [-0.2, 0) is 6.54 Å². The third-order valence-electron chi connectivity index (χ3n) is 5.90. The van der Waals surface area contributed by atoms with Crippen molar-refractivity contribution in [2.75, 3.05) is 12.8 Å². The summed E-state index contributed by atoms with van der Waals surface area (Å²) in [6.45, 7) is 0.286. The molecule has 0 atom stereocenters. The zero-order valence-electron chi connectivity index (χ0n) is 18.8. The van der Waals surface area contributed by atoms with E-state index in [9.17, 15) is 4.79 Å². The van der Waals surface area contributed by atoms with Gasteiger partial charge in [0.15, 0.2) is 5.13 Å². The van der Waals surface area contributed by atoms with E-state index >= 15 is 0 Å². The van der Waals surface area contributed by atoms with Gasteiger partial charge in [-0.1, -0.05) is 23.5 Å². The van der Waals surface area contributed by atoms with Crippen molar-refractivity contribution >= 4 is 32.6 Å². The number of hydrogen-bond donors (Lipinski definition) is 2. The van der Waals surface area contributed by atoms with E-state index in [1.165, 1.54) is 31.3 Å². The van der Waals surface area contributed by atoms with Crippen LogP contribution in [-0.4, -0.2) is 34.1 Å². The summed E-state index contributed by atoms with van der Waals surface area (Å²) in [4.78, 5) is 26.2. The number of rotatable bonds is 7. The fraction of sp³-hybridized carbons (Fsp3) is 0.280. The number of nitrogen functional groups attached to an aromatic ring is 1. The lowest BCUT2D eigenvalue weighted by molar-refractivity contribution is 0.0946. The average Bonchev–Trinajstić information content (AvgIpc) is 3.50. The summed E-state index contributed by atoms with van der Waals surface area (Å²) < 4.78 is 12.4. The fourth-order valence-corrected chi connectivity index (χ4v) is 4.93. The monoisotopic (exact) mass is 475 g/mol. The minimum Gasteiger partial charge on any atom is -0.480 e. The third-order valence-corrected chi connectivity index (χ3v) is 6.74. The molecule has 3 aromatic heterocycles. The van der Waals surface area contributed by atoms with Gasteiger partial charge in [0.1, 0.15) is 11.7 Å². The predicted molar refractivity (Wildman–Crippen MR) is 132 cm³/mol. The molecule has 0 unspecified atom stereocenters. The van der Waals surface area contributed by atoms with Crippen LogP contribution < -0.4 is 20.5 Å². The number of thiazole rings is 1. The van der Waals surface area contributed by atoms with Crippen LogP contribution in [0.1, 0.15) is 41.6 Å². The zero-order valence-corrected chi connectivity index (χ0v) is 19.6. The first-order valence-corrected chi connectivity index (χ1v) is 12.0. The maximum absolute atomic E-state index is 13.1. The average molecular weight is 476 g/mol. The highest BCUT2D eigenvalue weighted by atomic mass is 32.1. The molecule has 0 bridgehead atoms. The van der Waals surface area contributed by atoms with Crippen LogP contribution in [0.15, 0.2) is 48.8 Å². The van der Waals surface area contributed by atoms with Crippen molar-refractivity contribution in [1.82, 2.24) is 20.3 Å². The SMILES string of the molecule is COc1ncc(-c2ccc3nc(N)sc3c2)cc1C(=O)NCc1cccnc1OC1CCCC1. The molecular formula is C25H25N5O3S. The molecule has 3 N–H and O–H groups in total. The quantitative estimate of drug-likeness (QED) is 0.402. The second-order valence-electron chi connectivity index (χ2n) is 8.19. The molecule has 0 radical (unpaired) electrons. The number of methoxy groups -OCH3 is 1. The van der Waals surface area contributed by atoms with E-state index in [4.69, 9.17) is 15.2 Å². The highest BCUT2D eigenvalue weighted by Crippen LogP contribution is 2.31. The number of carbonyl (C=O) groups excluding carboxylic acids is 1. The van der Waals surface area contributed by atoms with Crippen LogP contribution in [0.5, 0.6) is 11.8 Å². The molecule has 1 saturated carbocycles. The third kappa shape index (κ3) is 4.65. The van der Waals surface area contributed by atoms with Crippen LogP contribution in [0.2, 0.25) is 0 Å². The maximum atomic E-state index is 13.1. The standard InChI is InChI=1S/C25H25N5O3S/c1-32-24-19(11-17(14-29-24)15-8-9-20-21(12-15)34-25(26)30-20)22(31)28-13-16-5-4-10-27-23(16)33-18-6-2-3-7-18/h4-5,8-12,14,18H,2-3,6-7,13H2,1H3,(H2,26,30)(H,28,31). The van der Waals surface area contributed by atoms with Gasteiger partial charge in [0.2, 0.25) is 11.8 Å². The second kappa shape index (κ2) is 9.64. The summed E-state index contributed by atoms with van der Waals surface area (Å²) in [7, 11) is 1.50. The topological polar surface area (TPSA) is 112 Å². The number of ether oxygens (including phenoxy) is 2. The van der Waals surface area contributed by atoms with Gasteiger partial charge in [-0.2, -0.15) is 0 Å². The van der Waals surface area contributed by atoms with E-state index < -0.39 is 0 Å². The lowest BCUT2D eigenvalue weighted by atomic mass is 10.1. The van der Waals surface area contributed by atoms with Gasteiger partial charge in [-0.15, -0.1) is 0 Å². The van der Waals surface area contributed by atoms with E-state index in [1.54, 1.807) is 18.5 Å². The van der Waals surface area contributed by atoms with E-state index in [1.807, 2.05) is 30.3 Å². The number of nitrogens with zero attached hydrogens (tertiary/aromatic N) is 3. The first-order valence-electron chi connectivity index (χ1n) is 11.2. The highest BCUT2D eigenvalue weighted by Gasteiger charge is 2.20. The highest BCUT2D eigenvalue weighted by molar-refractivity contribution is 7.22. The molecule has 9 heteroatoms. The molecule has 1 amide bonds. The number of pyridine rings is 2. The Morgan fingerprint density at radius 3 is 2.82 bits per heavy atom. The molecule has 34 heavy (non-hydrogen) atoms. The molecule has 8 nitrogen and oxygen atoms in total. The molecule has 1 aliphatic carbocycles. The van der Waals surface area contributed by atoms with Gasteiger partial charge in [-0.3, -0.25) is 4.79 Å². The molecular weight excluding hydrogens is 450 g/mol. The number of aromatic nitrogens is 3. The van der Waals surface area contributed by atoms with Crippen LogP contribution in [0.3, 0.4) is 0 Å². The normalized spacial score (nSPS) is 13.8. The molecule has 0 spiro atoms. The number of anilines is 1. The molecule has 5 rings (SSSR count). The lowest BCUT2D eigenvalue weighted by Crippen LogP contribution is -2.24. The van der Waals surface area contributed by atoms with Crippen molar-refractivity contribution in [3.63, 3.8) is 0 Å². The summed E-state index contributed by atoms with van der Waals surface area (Å²) in [5.41, 5.74) is 9.58. The Balaban J connectivity index is 1.36. The number of nitrogens with two attached hydrogens (primary N) is 1. The van der Waals surface area contributed by atoms with Gasteiger partial charge in [-0.05, 0) is 55.5 Å². The number of nitrogens with one attached hydrogen (secondary N) is 1. The van der Waals surface area contributed by atoms with E-state index in [0.29, 0.717) is 16.6 Å². The van der Waals surface area contributed by atoms with Gasteiger partial charge < -0.3 is 20.5 Å². The number of fused-ring (bicyclic) bond motifs is 1. The Bertz CT molecular complexity index is 1330. The summed E-state index contributed by atoms with van der Waals surface area (Å²) in [6.07, 6.45) is 8.02. The summed E-state index contributed by atoms with van der Waals surface area (Å²) in [6, 6.07) is 11.4. The minimum atomic E-state index is -0.287. The predicted octanol–water partition coefficient (Wildman–Crippen LogP) is 4.60. The Kier molecular flexibility index (Phi) is 6.27. The Morgan fingerprint density at radius 1 is 1.15 bits per heavy atom. The van der Waals surface area contributed by atoms with E-state index in [2.05, 4.69) is 20.3 Å². The minimum absolute atomic E-state index is 0.191. The summed E-state index contributed by atoms with van der Waals surface area (Å²) >= 11 is 1.42. The largest absolute Gasteiger partial charge is 0.480 e. The Hall–Kier alpha value is -3.72. The molecule has 3 heterocycles. The molecule has 1 aliphatic rings. The number of amides is 1. The summed E-state index contributed by atoms with van der Waals surface area (Å²) in [5.74, 6) is 0.550. The van der Waals surface area contributed by atoms with Gasteiger partial charge in [0.25, 0.3) is 5.91 Å². The van der Waals surface area contributed by atoms with Crippen molar-refractivity contribution in [2.45, 2.75) is 38.3 Å². The first kappa shape index (κ1) is 22.1. The second-order valence-corrected chi connectivity index (χ2v) is 9.25. The van der Waals surface area contributed by atoms with E-state index in [-0.39, 0.29) is 24.4 Å². The van der Waals surface area contributed by atoms with Crippen molar-refractivity contribution in [2.24, 2.45) is 0 Å². The van der Waals surface area contributed by atoms with Crippen molar-refractivity contribution in [1.29, 1.82) is 0 Å². The molecule has 4 aromatic rings. The molecule has 0 saturated heterocycles. The van der Waals surface area contributed by atoms with E-state index in [0.717, 1.165) is 39.7 Å². The number of hydrogen-bond acceptors (Lipinski definition) is 8. The fourth-order valence-electron chi connectivity index (χ4n) is 4.16. The zero-order chi connectivity index (χ0) is 23.5. The van der Waals surface area contributed by atoms with Gasteiger partial charge in [-0.25, -0.2) is 15.0 Å². The van der Waals surface area contributed by atoms with Gasteiger partial charge in [0, 0.05) is 30.1 Å². The number of benzene rings is 1. The number of carbonyl (C=O) groups is 1. The Labute approximate surface area is 201 Å². The Morgan fingerprint density at radius 2 is 2.00 bits per heavy atom.